The minimum absolute atomic E-state index is 0.209. The van der Waals surface area contributed by atoms with Crippen LogP contribution in [0.15, 0.2) is 24.5 Å². The number of rotatable bonds is 2. The molecule has 5 rings (SSSR count). The summed E-state index contributed by atoms with van der Waals surface area (Å²) < 4.78 is 17.0. The van der Waals surface area contributed by atoms with Crippen LogP contribution in [0.5, 0.6) is 0 Å². The maximum Gasteiger partial charge on any atom is 0.148 e. The highest BCUT2D eigenvalue weighted by Gasteiger charge is 2.29. The number of aryl methyl sites for hydroxylation is 4. The second-order valence-electron chi connectivity index (χ2n) is 7.16. The Labute approximate surface area is 145 Å². The van der Waals surface area contributed by atoms with Crippen molar-refractivity contribution in [1.82, 2.24) is 19.7 Å². The molecule has 1 fully saturated rings. The van der Waals surface area contributed by atoms with Crippen LogP contribution < -0.4 is 0 Å². The normalized spacial score (nSPS) is 15.8. The van der Waals surface area contributed by atoms with Gasteiger partial charge in [-0.3, -0.25) is 9.55 Å². The van der Waals surface area contributed by atoms with E-state index in [2.05, 4.69) is 28.2 Å². The van der Waals surface area contributed by atoms with Crippen LogP contribution in [0, 0.1) is 19.7 Å². The second kappa shape index (κ2) is 5.22. The molecule has 1 aromatic carbocycles. The molecule has 25 heavy (non-hydrogen) atoms. The number of fused-ring (bicyclic) bond motifs is 3. The van der Waals surface area contributed by atoms with Crippen molar-refractivity contribution in [2.75, 3.05) is 0 Å². The highest BCUT2D eigenvalue weighted by molar-refractivity contribution is 5.72. The van der Waals surface area contributed by atoms with Crippen molar-refractivity contribution in [2.45, 2.75) is 45.4 Å². The number of benzene rings is 1. The van der Waals surface area contributed by atoms with E-state index in [1.807, 2.05) is 23.9 Å². The van der Waals surface area contributed by atoms with Crippen LogP contribution in [-0.4, -0.2) is 19.7 Å². The van der Waals surface area contributed by atoms with Gasteiger partial charge in [-0.25, -0.2) is 4.39 Å². The molecule has 2 aromatic heterocycles. The topological polar surface area (TPSA) is 43.6 Å². The molecule has 1 aliphatic heterocycles. The molecule has 3 heterocycles. The predicted molar refractivity (Wildman–Crippen MR) is 93.4 cm³/mol. The lowest BCUT2D eigenvalue weighted by Gasteiger charge is -2.21. The van der Waals surface area contributed by atoms with E-state index in [-0.39, 0.29) is 5.82 Å². The van der Waals surface area contributed by atoms with Crippen molar-refractivity contribution in [3.63, 3.8) is 0 Å². The monoisotopic (exact) mass is 334 g/mol. The van der Waals surface area contributed by atoms with Crippen molar-refractivity contribution in [3.8, 4) is 16.8 Å². The SMILES string of the molecule is Cc1cncc(-c2cc(F)c3c(c2)CCc2nnc(C)n2-3)c1C1CC1. The Morgan fingerprint density at radius 3 is 2.72 bits per heavy atom. The molecule has 2 aliphatic rings. The molecule has 126 valence electrons. The molecule has 0 amide bonds. The fourth-order valence-corrected chi connectivity index (χ4v) is 4.08. The van der Waals surface area contributed by atoms with Crippen molar-refractivity contribution >= 4 is 0 Å². The third kappa shape index (κ3) is 2.22. The summed E-state index contributed by atoms with van der Waals surface area (Å²) in [6, 6.07) is 3.78. The summed E-state index contributed by atoms with van der Waals surface area (Å²) in [6.45, 7) is 3.97. The Kier molecular flexibility index (Phi) is 3.08. The van der Waals surface area contributed by atoms with Gasteiger partial charge in [0.05, 0.1) is 5.69 Å². The summed E-state index contributed by atoms with van der Waals surface area (Å²) in [7, 11) is 0. The van der Waals surface area contributed by atoms with Gasteiger partial charge in [0, 0.05) is 24.4 Å². The molecule has 0 spiro atoms. The molecule has 0 unspecified atom stereocenters. The van der Waals surface area contributed by atoms with Gasteiger partial charge in [0.25, 0.3) is 0 Å². The Morgan fingerprint density at radius 2 is 1.92 bits per heavy atom. The summed E-state index contributed by atoms with van der Waals surface area (Å²) in [5.41, 5.74) is 6.19. The number of halogens is 1. The van der Waals surface area contributed by atoms with Crippen LogP contribution >= 0.6 is 0 Å². The number of pyridine rings is 1. The molecule has 5 heteroatoms. The van der Waals surface area contributed by atoms with Gasteiger partial charge >= 0.3 is 0 Å². The number of hydrogen-bond acceptors (Lipinski definition) is 3. The van der Waals surface area contributed by atoms with Crippen LogP contribution in [-0.2, 0) is 12.8 Å². The molecule has 0 radical (unpaired) electrons. The molecular weight excluding hydrogens is 315 g/mol. The van der Waals surface area contributed by atoms with Crippen molar-refractivity contribution in [2.24, 2.45) is 0 Å². The smallest absolute Gasteiger partial charge is 0.148 e. The van der Waals surface area contributed by atoms with Crippen LogP contribution in [0.4, 0.5) is 4.39 Å². The maximum absolute atomic E-state index is 15.1. The number of nitrogens with zero attached hydrogens (tertiary/aromatic N) is 4. The van der Waals surface area contributed by atoms with E-state index in [4.69, 9.17) is 0 Å². The third-order valence-electron chi connectivity index (χ3n) is 5.36. The standard InChI is InChI=1S/C20H19FN4/c1-11-9-22-10-16(19(11)13-3-4-13)15-7-14-5-6-18-24-23-12(2)25(18)20(14)17(21)8-15/h7-10,13H,3-6H2,1-2H3. The maximum atomic E-state index is 15.1. The lowest BCUT2D eigenvalue weighted by atomic mass is 9.92. The van der Waals surface area contributed by atoms with E-state index < -0.39 is 0 Å². The average Bonchev–Trinajstić information content (AvgIpc) is 3.37. The first-order valence-corrected chi connectivity index (χ1v) is 8.82. The first-order chi connectivity index (χ1) is 12.1. The molecule has 1 aliphatic carbocycles. The van der Waals surface area contributed by atoms with Crippen molar-refractivity contribution < 1.29 is 4.39 Å². The van der Waals surface area contributed by atoms with E-state index in [0.29, 0.717) is 11.6 Å². The van der Waals surface area contributed by atoms with Gasteiger partial charge < -0.3 is 0 Å². The average molecular weight is 334 g/mol. The first kappa shape index (κ1) is 14.8. The fourth-order valence-electron chi connectivity index (χ4n) is 4.08. The Bertz CT molecular complexity index is 1000. The fraction of sp³-hybridized carbons (Fsp3) is 0.350. The van der Waals surface area contributed by atoms with Crippen LogP contribution in [0.2, 0.25) is 0 Å². The van der Waals surface area contributed by atoms with Gasteiger partial charge in [0.2, 0.25) is 0 Å². The summed E-state index contributed by atoms with van der Waals surface area (Å²) in [5, 5.41) is 8.28. The Morgan fingerprint density at radius 1 is 1.08 bits per heavy atom. The largest absolute Gasteiger partial charge is 0.280 e. The van der Waals surface area contributed by atoms with Gasteiger partial charge in [-0.15, -0.1) is 10.2 Å². The lowest BCUT2D eigenvalue weighted by molar-refractivity contribution is 0.602. The van der Waals surface area contributed by atoms with Gasteiger partial charge in [0.1, 0.15) is 17.5 Å². The van der Waals surface area contributed by atoms with Crippen molar-refractivity contribution in [3.05, 3.63) is 58.7 Å². The van der Waals surface area contributed by atoms with Gasteiger partial charge in [-0.2, -0.15) is 0 Å². The highest BCUT2D eigenvalue weighted by Crippen LogP contribution is 2.46. The van der Waals surface area contributed by atoms with Crippen LogP contribution in [0.1, 0.15) is 47.1 Å². The molecular formula is C20H19FN4. The third-order valence-corrected chi connectivity index (χ3v) is 5.36. The summed E-state index contributed by atoms with van der Waals surface area (Å²) in [6.07, 6.45) is 7.82. The Hall–Kier alpha value is -2.56. The minimum atomic E-state index is -0.209. The van der Waals surface area contributed by atoms with E-state index in [1.54, 1.807) is 6.07 Å². The van der Waals surface area contributed by atoms with E-state index in [9.17, 15) is 0 Å². The molecule has 1 saturated carbocycles. The lowest BCUT2D eigenvalue weighted by Crippen LogP contribution is -2.15. The zero-order valence-corrected chi connectivity index (χ0v) is 14.4. The Balaban J connectivity index is 1.71. The number of aromatic nitrogens is 4. The zero-order valence-electron chi connectivity index (χ0n) is 14.4. The summed E-state index contributed by atoms with van der Waals surface area (Å²) >= 11 is 0. The highest BCUT2D eigenvalue weighted by atomic mass is 19.1. The van der Waals surface area contributed by atoms with Gasteiger partial charge in [-0.05, 0) is 73.4 Å². The van der Waals surface area contributed by atoms with E-state index >= 15 is 4.39 Å². The molecule has 0 saturated heterocycles. The minimum Gasteiger partial charge on any atom is -0.280 e. The predicted octanol–water partition coefficient (Wildman–Crippen LogP) is 4.06. The summed E-state index contributed by atoms with van der Waals surface area (Å²) in [4.78, 5) is 4.37. The van der Waals surface area contributed by atoms with Gasteiger partial charge in [-0.1, -0.05) is 0 Å². The molecule has 3 aromatic rings. The zero-order chi connectivity index (χ0) is 17.1. The molecule has 0 N–H and O–H groups in total. The van der Waals surface area contributed by atoms with Crippen LogP contribution in [0.3, 0.4) is 0 Å². The first-order valence-electron chi connectivity index (χ1n) is 8.82. The molecule has 4 nitrogen and oxygen atoms in total. The molecule has 0 bridgehead atoms. The van der Waals surface area contributed by atoms with Gasteiger partial charge in [0.15, 0.2) is 0 Å². The molecule has 0 atom stereocenters. The van der Waals surface area contributed by atoms with Crippen molar-refractivity contribution in [1.29, 1.82) is 0 Å². The quantitative estimate of drug-likeness (QED) is 0.710. The van der Waals surface area contributed by atoms with E-state index in [0.717, 1.165) is 41.2 Å². The summed E-state index contributed by atoms with van der Waals surface area (Å²) in [5.74, 6) is 1.97. The number of hydrogen-bond donors (Lipinski definition) is 0. The second-order valence-corrected chi connectivity index (χ2v) is 7.16. The van der Waals surface area contributed by atoms with E-state index in [1.165, 1.54) is 24.0 Å². The van der Waals surface area contributed by atoms with Crippen LogP contribution in [0.25, 0.3) is 16.8 Å².